The Morgan fingerprint density at radius 3 is 2.07 bits per heavy atom. The van der Waals surface area contributed by atoms with Gasteiger partial charge in [0.25, 0.3) is 5.91 Å². The van der Waals surface area contributed by atoms with E-state index < -0.39 is 21.3 Å². The monoisotopic (exact) mass is 423 g/mol. The van der Waals surface area contributed by atoms with E-state index in [4.69, 9.17) is 4.74 Å². The van der Waals surface area contributed by atoms with Crippen molar-refractivity contribution in [2.75, 3.05) is 42.8 Å². The molecule has 10 heteroatoms. The highest BCUT2D eigenvalue weighted by Gasteiger charge is 2.49. The summed E-state index contributed by atoms with van der Waals surface area (Å²) in [6, 6.07) is 5.98. The molecule has 9 nitrogen and oxygen atoms in total. The van der Waals surface area contributed by atoms with Crippen molar-refractivity contribution in [3.05, 3.63) is 29.8 Å². The van der Waals surface area contributed by atoms with Crippen LogP contribution >= 0.6 is 0 Å². The quantitative estimate of drug-likeness (QED) is 0.726. The first-order valence-corrected chi connectivity index (χ1v) is 11.1. The summed E-state index contributed by atoms with van der Waals surface area (Å²) in [4.78, 5) is 40.1. The van der Waals surface area contributed by atoms with Gasteiger partial charge in [0.15, 0.2) is 0 Å². The fourth-order valence-corrected chi connectivity index (χ4v) is 5.60. The molecule has 3 amide bonds. The number of piperazine rings is 1. The maximum absolute atomic E-state index is 12.7. The Balaban J connectivity index is 1.69. The molecule has 0 aliphatic carbocycles. The lowest BCUT2D eigenvalue weighted by atomic mass is 9.95. The average molecular weight is 423 g/mol. The Morgan fingerprint density at radius 2 is 1.59 bits per heavy atom. The Hall–Kier alpha value is -2.62. The minimum absolute atomic E-state index is 0.212. The predicted molar refractivity (Wildman–Crippen MR) is 106 cm³/mol. The van der Waals surface area contributed by atoms with Crippen molar-refractivity contribution in [1.82, 2.24) is 9.80 Å². The number of hydrogen-bond acceptors (Lipinski definition) is 6. The van der Waals surface area contributed by atoms with Gasteiger partial charge in [-0.15, -0.1) is 0 Å². The molecular weight excluding hydrogens is 398 g/mol. The third kappa shape index (κ3) is 4.07. The molecule has 2 fully saturated rings. The highest BCUT2D eigenvalue weighted by atomic mass is 32.2. The summed E-state index contributed by atoms with van der Waals surface area (Å²) in [7, 11) is -3.73. The van der Waals surface area contributed by atoms with Crippen molar-refractivity contribution in [1.29, 1.82) is 0 Å². The second-order valence-corrected chi connectivity index (χ2v) is 9.55. The topological polar surface area (TPSA) is 104 Å². The molecule has 2 saturated heterocycles. The largest absolute Gasteiger partial charge is 0.450 e. The fourth-order valence-electron chi connectivity index (χ4n) is 3.49. The molecule has 0 atom stereocenters. The van der Waals surface area contributed by atoms with Crippen LogP contribution in [0.2, 0.25) is 0 Å². The molecule has 0 radical (unpaired) electrons. The number of carbonyl (C=O) groups is 3. The molecular formula is C19H25N3O6S. The van der Waals surface area contributed by atoms with Crippen LogP contribution < -0.4 is 4.31 Å². The van der Waals surface area contributed by atoms with E-state index in [1.165, 1.54) is 24.3 Å². The molecule has 2 aliphatic rings. The summed E-state index contributed by atoms with van der Waals surface area (Å²) in [5, 5.41) is 0. The number of amides is 3. The molecule has 29 heavy (non-hydrogen) atoms. The van der Waals surface area contributed by atoms with Gasteiger partial charge >= 0.3 is 6.09 Å². The van der Waals surface area contributed by atoms with Crippen LogP contribution in [0, 0.1) is 5.41 Å². The van der Waals surface area contributed by atoms with E-state index in [1.807, 2.05) is 0 Å². The number of ether oxygens (including phenoxy) is 1. The molecule has 1 aromatic carbocycles. The zero-order valence-electron chi connectivity index (χ0n) is 16.8. The van der Waals surface area contributed by atoms with Crippen molar-refractivity contribution in [3.8, 4) is 0 Å². The third-order valence-corrected chi connectivity index (χ3v) is 7.05. The van der Waals surface area contributed by atoms with Crippen LogP contribution in [0.15, 0.2) is 24.3 Å². The molecule has 1 aromatic rings. The van der Waals surface area contributed by atoms with Crippen LogP contribution in [0.5, 0.6) is 0 Å². The molecule has 0 aromatic heterocycles. The summed E-state index contributed by atoms with van der Waals surface area (Å²) >= 11 is 0. The molecule has 2 aliphatic heterocycles. The summed E-state index contributed by atoms with van der Waals surface area (Å²) in [5.74, 6) is -0.938. The number of anilines is 1. The van der Waals surface area contributed by atoms with Gasteiger partial charge in [0.1, 0.15) is 0 Å². The lowest BCUT2D eigenvalue weighted by molar-refractivity contribution is -0.123. The van der Waals surface area contributed by atoms with Gasteiger partial charge in [-0.2, -0.15) is 0 Å². The number of hydrogen-bond donors (Lipinski definition) is 0. The van der Waals surface area contributed by atoms with Gasteiger partial charge in [-0.25, -0.2) is 17.5 Å². The highest BCUT2D eigenvalue weighted by Crippen LogP contribution is 2.35. The van der Waals surface area contributed by atoms with Crippen LogP contribution in [0.25, 0.3) is 0 Å². The summed E-state index contributed by atoms with van der Waals surface area (Å²) in [6.45, 7) is 6.77. The van der Waals surface area contributed by atoms with E-state index in [0.717, 1.165) is 4.31 Å². The first-order valence-electron chi connectivity index (χ1n) is 9.45. The van der Waals surface area contributed by atoms with Crippen molar-refractivity contribution in [3.63, 3.8) is 0 Å². The molecule has 0 unspecified atom stereocenters. The van der Waals surface area contributed by atoms with E-state index >= 15 is 0 Å². The number of rotatable bonds is 3. The van der Waals surface area contributed by atoms with E-state index in [2.05, 4.69) is 0 Å². The van der Waals surface area contributed by atoms with Crippen LogP contribution in [0.3, 0.4) is 0 Å². The molecule has 0 bridgehead atoms. The molecule has 0 saturated carbocycles. The average Bonchev–Trinajstić information content (AvgIpc) is 2.84. The maximum atomic E-state index is 12.7. The SMILES string of the molecule is CCOC(=O)N1CCN(C(=O)c2ccc(N3C(=O)C(C)(C)CS3(=O)=O)cc2)CC1. The second kappa shape index (κ2) is 7.66. The molecule has 3 rings (SSSR count). The zero-order valence-corrected chi connectivity index (χ0v) is 17.6. The number of carbonyl (C=O) groups excluding carboxylic acids is 3. The summed E-state index contributed by atoms with van der Waals surface area (Å²) in [5.41, 5.74) is -0.364. The van der Waals surface area contributed by atoms with E-state index in [0.29, 0.717) is 38.3 Å². The summed E-state index contributed by atoms with van der Waals surface area (Å²) < 4.78 is 30.5. The van der Waals surface area contributed by atoms with Crippen molar-refractivity contribution >= 4 is 33.6 Å². The van der Waals surface area contributed by atoms with Crippen molar-refractivity contribution < 1.29 is 27.5 Å². The standard InChI is InChI=1S/C19H25N3O6S/c1-4-28-18(25)21-11-9-20(10-12-21)16(23)14-5-7-15(8-6-14)22-17(24)19(2,3)13-29(22,26)27/h5-8H,4,9-13H2,1-3H3. The number of nitrogens with zero attached hydrogens (tertiary/aromatic N) is 3. The van der Waals surface area contributed by atoms with E-state index in [-0.39, 0.29) is 23.4 Å². The first-order chi connectivity index (χ1) is 13.6. The summed E-state index contributed by atoms with van der Waals surface area (Å²) in [6.07, 6.45) is -0.386. The normalized spacial score (nSPS) is 20.7. The predicted octanol–water partition coefficient (Wildman–Crippen LogP) is 1.30. The Kier molecular flexibility index (Phi) is 5.57. The van der Waals surface area contributed by atoms with Gasteiger partial charge in [-0.1, -0.05) is 0 Å². The Morgan fingerprint density at radius 1 is 1.03 bits per heavy atom. The van der Waals surface area contributed by atoms with Gasteiger partial charge in [0, 0.05) is 31.7 Å². The molecule has 0 spiro atoms. The Bertz CT molecular complexity index is 918. The third-order valence-electron chi connectivity index (χ3n) is 5.03. The fraction of sp³-hybridized carbons (Fsp3) is 0.526. The van der Waals surface area contributed by atoms with E-state index in [9.17, 15) is 22.8 Å². The smallest absolute Gasteiger partial charge is 0.409 e. The molecule has 2 heterocycles. The van der Waals surface area contributed by atoms with Crippen molar-refractivity contribution in [2.24, 2.45) is 5.41 Å². The molecule has 0 N–H and O–H groups in total. The maximum Gasteiger partial charge on any atom is 0.409 e. The number of benzene rings is 1. The van der Waals surface area contributed by atoms with Crippen LogP contribution in [-0.4, -0.2) is 74.7 Å². The minimum atomic E-state index is -3.73. The van der Waals surface area contributed by atoms with Gasteiger partial charge in [-0.3, -0.25) is 9.59 Å². The van der Waals surface area contributed by atoms with E-state index in [1.54, 1.807) is 30.6 Å². The molecule has 158 valence electrons. The lowest BCUT2D eigenvalue weighted by Crippen LogP contribution is -2.50. The zero-order chi connectivity index (χ0) is 21.4. The van der Waals surface area contributed by atoms with Crippen LogP contribution in [0.1, 0.15) is 31.1 Å². The van der Waals surface area contributed by atoms with Gasteiger partial charge in [0.2, 0.25) is 15.9 Å². The number of sulfonamides is 1. The van der Waals surface area contributed by atoms with Gasteiger partial charge in [0.05, 0.1) is 23.5 Å². The Labute approximate surface area is 170 Å². The lowest BCUT2D eigenvalue weighted by Gasteiger charge is -2.34. The van der Waals surface area contributed by atoms with Gasteiger partial charge in [-0.05, 0) is 45.0 Å². The second-order valence-electron chi connectivity index (χ2n) is 7.73. The highest BCUT2D eigenvalue weighted by molar-refractivity contribution is 7.94. The van der Waals surface area contributed by atoms with Crippen LogP contribution in [-0.2, 0) is 19.6 Å². The van der Waals surface area contributed by atoms with Crippen LogP contribution in [0.4, 0.5) is 10.5 Å². The minimum Gasteiger partial charge on any atom is -0.450 e. The van der Waals surface area contributed by atoms with Gasteiger partial charge < -0.3 is 14.5 Å². The first kappa shape index (κ1) is 21.1. The van der Waals surface area contributed by atoms with Crippen molar-refractivity contribution in [2.45, 2.75) is 20.8 Å².